The van der Waals surface area contributed by atoms with Crippen LogP contribution in [-0.2, 0) is 5.41 Å². The number of benzene rings is 9. The summed E-state index contributed by atoms with van der Waals surface area (Å²) < 4.78 is 7.89. The molecule has 12 rings (SSSR count). The molecular weight excluding hydrogens is 826 g/mol. The average molecular weight is 880 g/mol. The second-order valence-electron chi connectivity index (χ2n) is 19.9. The molecule has 1 aliphatic carbocycles. The first-order valence-electron chi connectivity index (χ1n) is 23.9. The number of anilines is 9. The molecule has 5 heteroatoms. The Morgan fingerprint density at radius 2 is 0.941 bits per heavy atom. The fraction of sp³-hybridized carbons (Fsp3) is 0.143. The number of fused-ring (bicyclic) bond motifs is 7. The van der Waals surface area contributed by atoms with E-state index in [1.54, 1.807) is 0 Å². The third kappa shape index (κ3) is 6.59. The van der Waals surface area contributed by atoms with E-state index in [1.807, 2.05) is 0 Å². The Balaban J connectivity index is 1.22. The molecule has 0 saturated heterocycles. The normalized spacial score (nSPS) is 13.5. The van der Waals surface area contributed by atoms with Gasteiger partial charge in [0.25, 0.3) is 6.71 Å². The van der Waals surface area contributed by atoms with E-state index in [9.17, 15) is 0 Å². The van der Waals surface area contributed by atoms with Crippen LogP contribution < -0.4 is 35.8 Å². The SMILES string of the molecule is Cc1ccc(N(c2ccc(C)cc2)c2cc3c4c(c2)N(c2ccc(C)cc2)c2ccc(C)cc2B4c2cc4c(c(N(c5ccc(C)cc5)c5ccc(C)cc5)c2O3)-c2ccccc2C4(C)C)cc1. The first-order valence-corrected chi connectivity index (χ1v) is 23.9. The molecule has 68 heavy (non-hydrogen) atoms. The van der Waals surface area contributed by atoms with E-state index < -0.39 is 0 Å². The zero-order valence-corrected chi connectivity index (χ0v) is 40.1. The molecule has 9 aromatic rings. The molecule has 330 valence electrons. The van der Waals surface area contributed by atoms with Crippen LogP contribution in [0.2, 0.25) is 0 Å². The summed E-state index contributed by atoms with van der Waals surface area (Å²) in [5, 5.41) is 0. The van der Waals surface area contributed by atoms with Crippen LogP contribution in [0.3, 0.4) is 0 Å². The van der Waals surface area contributed by atoms with Gasteiger partial charge in [-0.15, -0.1) is 0 Å². The molecule has 0 spiro atoms. The van der Waals surface area contributed by atoms with Crippen LogP contribution in [0, 0.1) is 41.5 Å². The number of hydrogen-bond acceptors (Lipinski definition) is 4. The Bertz CT molecular complexity index is 3360. The van der Waals surface area contributed by atoms with Gasteiger partial charge in [0.1, 0.15) is 11.5 Å². The predicted molar refractivity (Wildman–Crippen MR) is 288 cm³/mol. The maximum absolute atomic E-state index is 7.89. The molecule has 2 aliphatic heterocycles. The topological polar surface area (TPSA) is 19.0 Å². The zero-order valence-electron chi connectivity index (χ0n) is 40.1. The van der Waals surface area contributed by atoms with Crippen LogP contribution >= 0.6 is 0 Å². The van der Waals surface area contributed by atoms with Crippen molar-refractivity contribution in [3.63, 3.8) is 0 Å². The van der Waals surface area contributed by atoms with E-state index in [2.05, 4.69) is 252 Å². The second-order valence-corrected chi connectivity index (χ2v) is 19.9. The third-order valence-electron chi connectivity index (χ3n) is 14.7. The molecule has 3 aliphatic rings. The minimum Gasteiger partial charge on any atom is -0.456 e. The van der Waals surface area contributed by atoms with E-state index >= 15 is 0 Å². The molecule has 0 N–H and O–H groups in total. The van der Waals surface area contributed by atoms with Crippen LogP contribution in [-0.4, -0.2) is 6.71 Å². The van der Waals surface area contributed by atoms with Gasteiger partial charge in [-0.05, 0) is 147 Å². The van der Waals surface area contributed by atoms with E-state index in [4.69, 9.17) is 4.74 Å². The second kappa shape index (κ2) is 15.7. The van der Waals surface area contributed by atoms with Crippen molar-refractivity contribution in [2.24, 2.45) is 0 Å². The first kappa shape index (κ1) is 41.7. The number of rotatable bonds is 7. The zero-order chi connectivity index (χ0) is 46.6. The Labute approximate surface area is 401 Å². The van der Waals surface area contributed by atoms with Crippen molar-refractivity contribution >= 4 is 74.3 Å². The number of ether oxygens (including phenoxy) is 1. The summed E-state index contributed by atoms with van der Waals surface area (Å²) in [5.41, 5.74) is 25.5. The van der Waals surface area contributed by atoms with Crippen LogP contribution in [0.4, 0.5) is 51.2 Å². The highest BCUT2D eigenvalue weighted by atomic mass is 16.5. The van der Waals surface area contributed by atoms with Gasteiger partial charge in [0.2, 0.25) is 0 Å². The van der Waals surface area contributed by atoms with Gasteiger partial charge in [0.15, 0.2) is 0 Å². The molecule has 0 unspecified atom stereocenters. The molecule has 9 aromatic carbocycles. The van der Waals surface area contributed by atoms with Crippen LogP contribution in [0.15, 0.2) is 182 Å². The molecule has 0 amide bonds. The Kier molecular flexibility index (Phi) is 9.60. The van der Waals surface area contributed by atoms with E-state index in [0.717, 1.165) is 57.0 Å². The van der Waals surface area contributed by atoms with Gasteiger partial charge in [-0.3, -0.25) is 0 Å². The van der Waals surface area contributed by atoms with Crippen molar-refractivity contribution in [3.8, 4) is 22.6 Å². The van der Waals surface area contributed by atoms with Gasteiger partial charge in [-0.2, -0.15) is 0 Å². The van der Waals surface area contributed by atoms with Crippen molar-refractivity contribution in [2.45, 2.75) is 60.8 Å². The van der Waals surface area contributed by atoms with Crippen molar-refractivity contribution in [1.29, 1.82) is 0 Å². The fourth-order valence-corrected chi connectivity index (χ4v) is 11.1. The summed E-state index contributed by atoms with van der Waals surface area (Å²) in [5.74, 6) is 1.73. The molecule has 0 radical (unpaired) electrons. The van der Waals surface area contributed by atoms with Crippen LogP contribution in [0.5, 0.6) is 11.5 Å². The van der Waals surface area contributed by atoms with Gasteiger partial charge < -0.3 is 19.4 Å². The van der Waals surface area contributed by atoms with Crippen molar-refractivity contribution in [1.82, 2.24) is 0 Å². The molecule has 2 heterocycles. The largest absolute Gasteiger partial charge is 0.456 e. The highest BCUT2D eigenvalue weighted by Gasteiger charge is 2.48. The van der Waals surface area contributed by atoms with E-state index in [-0.39, 0.29) is 12.1 Å². The molecule has 0 saturated carbocycles. The molecule has 4 nitrogen and oxygen atoms in total. The van der Waals surface area contributed by atoms with Crippen molar-refractivity contribution < 1.29 is 4.74 Å². The Morgan fingerprint density at radius 3 is 1.50 bits per heavy atom. The standard InChI is InChI=1S/C63H54BN3O/c1-39-13-24-45(25-14-39)65(46-26-15-40(2)16-27-46)50-36-57-60-58(37-50)68-62-55(64(60)54-35-44(6)23-34-56(54)67(57)49-32-21-43(5)22-33-49)38-53-59(51-11-9-10-12-52(51)63(53,7)8)61(62)66(47-28-17-41(3)18-29-47)48-30-19-42(4)20-31-48/h9-38H,1-8H3. The number of hydrogen-bond donors (Lipinski definition) is 0. The molecular formula is C63H54BN3O. The monoisotopic (exact) mass is 879 g/mol. The Hall–Kier alpha value is -7.76. The summed E-state index contributed by atoms with van der Waals surface area (Å²) >= 11 is 0. The lowest BCUT2D eigenvalue weighted by molar-refractivity contribution is 0.488. The third-order valence-corrected chi connectivity index (χ3v) is 14.7. The molecule has 0 atom stereocenters. The molecule has 0 fully saturated rings. The van der Waals surface area contributed by atoms with Crippen LogP contribution in [0.1, 0.15) is 58.4 Å². The summed E-state index contributed by atoms with van der Waals surface area (Å²) in [6, 6.07) is 68.0. The quantitative estimate of drug-likeness (QED) is 0.148. The highest BCUT2D eigenvalue weighted by Crippen LogP contribution is 2.58. The minimum absolute atomic E-state index is 0.136. The van der Waals surface area contributed by atoms with E-state index in [1.165, 1.54) is 77.7 Å². The maximum Gasteiger partial charge on any atom is 0.256 e. The first-order chi connectivity index (χ1) is 32.9. The highest BCUT2D eigenvalue weighted by molar-refractivity contribution is 6.99. The van der Waals surface area contributed by atoms with Gasteiger partial charge in [-0.1, -0.05) is 150 Å². The molecule has 0 aromatic heterocycles. The van der Waals surface area contributed by atoms with Gasteiger partial charge >= 0.3 is 0 Å². The summed E-state index contributed by atoms with van der Waals surface area (Å²) in [7, 11) is 0. The van der Waals surface area contributed by atoms with Crippen molar-refractivity contribution in [3.05, 3.63) is 226 Å². The van der Waals surface area contributed by atoms with Gasteiger partial charge in [0, 0.05) is 56.9 Å². The number of nitrogens with zero attached hydrogens (tertiary/aromatic N) is 3. The Morgan fingerprint density at radius 1 is 0.441 bits per heavy atom. The van der Waals surface area contributed by atoms with Gasteiger partial charge in [-0.25, -0.2) is 0 Å². The minimum atomic E-state index is -0.282. The lowest BCUT2D eigenvalue weighted by atomic mass is 9.33. The lowest BCUT2D eigenvalue weighted by Crippen LogP contribution is -2.60. The van der Waals surface area contributed by atoms with Crippen molar-refractivity contribution in [2.75, 3.05) is 14.7 Å². The van der Waals surface area contributed by atoms with E-state index in [0.29, 0.717) is 0 Å². The smallest absolute Gasteiger partial charge is 0.256 e. The summed E-state index contributed by atoms with van der Waals surface area (Å²) in [6.45, 7) is 17.7. The maximum atomic E-state index is 7.89. The average Bonchev–Trinajstić information content (AvgIpc) is 3.57. The number of aryl methyl sites for hydroxylation is 6. The molecule has 0 bridgehead atoms. The fourth-order valence-electron chi connectivity index (χ4n) is 11.1. The lowest BCUT2D eigenvalue weighted by Gasteiger charge is -2.42. The van der Waals surface area contributed by atoms with Gasteiger partial charge in [0.05, 0.1) is 11.4 Å². The summed E-state index contributed by atoms with van der Waals surface area (Å²) in [4.78, 5) is 7.33. The summed E-state index contributed by atoms with van der Waals surface area (Å²) in [6.07, 6.45) is 0. The van der Waals surface area contributed by atoms with Crippen LogP contribution in [0.25, 0.3) is 11.1 Å². The predicted octanol–water partition coefficient (Wildman–Crippen LogP) is 15.2.